The molecule has 0 bridgehead atoms. The Morgan fingerprint density at radius 3 is 2.82 bits per heavy atom. The number of amides is 1. The second kappa shape index (κ2) is 5.52. The summed E-state index contributed by atoms with van der Waals surface area (Å²) in [5.74, 6) is -1.03. The van der Waals surface area contributed by atoms with E-state index in [1.807, 2.05) is 12.1 Å². The maximum absolute atomic E-state index is 12.5. The van der Waals surface area contributed by atoms with Crippen molar-refractivity contribution in [2.45, 2.75) is 13.0 Å². The standard InChI is InChI=1S/C17H16N2O3/c18-14-5-4-12-6-7-19(16(20)15(12)9-14)10-11-2-1-3-13(8-11)17(21)22/h1-5,8-9H,6-7,10,18H2,(H,21,22). The van der Waals surface area contributed by atoms with Gasteiger partial charge < -0.3 is 15.7 Å². The van der Waals surface area contributed by atoms with Gasteiger partial charge in [-0.15, -0.1) is 0 Å². The number of benzene rings is 2. The summed E-state index contributed by atoms with van der Waals surface area (Å²) in [6.07, 6.45) is 0.778. The van der Waals surface area contributed by atoms with Crippen LogP contribution in [0.3, 0.4) is 0 Å². The summed E-state index contributed by atoms with van der Waals surface area (Å²) >= 11 is 0. The molecule has 0 radical (unpaired) electrons. The number of anilines is 1. The first-order chi connectivity index (χ1) is 10.5. The second-order valence-corrected chi connectivity index (χ2v) is 5.40. The zero-order chi connectivity index (χ0) is 15.7. The Hall–Kier alpha value is -2.82. The molecule has 0 aromatic heterocycles. The summed E-state index contributed by atoms with van der Waals surface area (Å²) in [5, 5.41) is 9.03. The van der Waals surface area contributed by atoms with Gasteiger partial charge in [0.2, 0.25) is 0 Å². The Bertz CT molecular complexity index is 755. The van der Waals surface area contributed by atoms with Gasteiger partial charge in [0.05, 0.1) is 5.56 Å². The van der Waals surface area contributed by atoms with E-state index in [0.29, 0.717) is 24.3 Å². The van der Waals surface area contributed by atoms with Gasteiger partial charge in [-0.25, -0.2) is 4.79 Å². The summed E-state index contributed by atoms with van der Waals surface area (Å²) in [5.41, 5.74) is 9.01. The largest absolute Gasteiger partial charge is 0.478 e. The van der Waals surface area contributed by atoms with E-state index in [1.54, 1.807) is 35.2 Å². The number of carbonyl (C=O) groups excluding carboxylic acids is 1. The molecular weight excluding hydrogens is 280 g/mol. The molecule has 112 valence electrons. The molecule has 0 aliphatic carbocycles. The number of carboxylic acid groups (broad SMARTS) is 1. The molecule has 0 saturated heterocycles. The molecule has 1 aliphatic heterocycles. The second-order valence-electron chi connectivity index (χ2n) is 5.40. The Kier molecular flexibility index (Phi) is 3.55. The molecule has 0 atom stereocenters. The van der Waals surface area contributed by atoms with Crippen molar-refractivity contribution in [2.24, 2.45) is 0 Å². The van der Waals surface area contributed by atoms with Gasteiger partial charge in [-0.3, -0.25) is 4.79 Å². The Balaban J connectivity index is 1.84. The molecule has 0 saturated carbocycles. The summed E-state index contributed by atoms with van der Waals surface area (Å²) < 4.78 is 0. The van der Waals surface area contributed by atoms with Crippen LogP contribution in [-0.2, 0) is 13.0 Å². The van der Waals surface area contributed by atoms with Crippen molar-refractivity contribution in [1.82, 2.24) is 4.90 Å². The summed E-state index contributed by atoms with van der Waals surface area (Å²) in [4.78, 5) is 25.3. The lowest BCUT2D eigenvalue weighted by molar-refractivity contribution is 0.0696. The topological polar surface area (TPSA) is 83.6 Å². The maximum Gasteiger partial charge on any atom is 0.335 e. The summed E-state index contributed by atoms with van der Waals surface area (Å²) in [6, 6.07) is 12.1. The molecule has 2 aromatic carbocycles. The van der Waals surface area contributed by atoms with Crippen LogP contribution in [0.5, 0.6) is 0 Å². The van der Waals surface area contributed by atoms with Crippen LogP contribution in [0, 0.1) is 0 Å². The fourth-order valence-electron chi connectivity index (χ4n) is 2.71. The van der Waals surface area contributed by atoms with Gasteiger partial charge in [-0.2, -0.15) is 0 Å². The third kappa shape index (κ3) is 2.65. The normalized spacial score (nSPS) is 13.8. The molecule has 1 heterocycles. The van der Waals surface area contributed by atoms with E-state index in [9.17, 15) is 9.59 Å². The number of fused-ring (bicyclic) bond motifs is 1. The first kappa shape index (κ1) is 14.1. The fourth-order valence-corrected chi connectivity index (χ4v) is 2.71. The van der Waals surface area contributed by atoms with Crippen LogP contribution in [0.2, 0.25) is 0 Å². The number of hydrogen-bond donors (Lipinski definition) is 2. The number of nitrogens with zero attached hydrogens (tertiary/aromatic N) is 1. The Morgan fingerprint density at radius 1 is 1.23 bits per heavy atom. The molecule has 0 spiro atoms. The van der Waals surface area contributed by atoms with Crippen molar-refractivity contribution < 1.29 is 14.7 Å². The van der Waals surface area contributed by atoms with Crippen molar-refractivity contribution in [3.8, 4) is 0 Å². The van der Waals surface area contributed by atoms with E-state index in [4.69, 9.17) is 10.8 Å². The average molecular weight is 296 g/mol. The van der Waals surface area contributed by atoms with Gasteiger partial charge in [0.1, 0.15) is 0 Å². The highest BCUT2D eigenvalue weighted by Gasteiger charge is 2.24. The van der Waals surface area contributed by atoms with Gasteiger partial charge in [0.15, 0.2) is 0 Å². The Labute approximate surface area is 128 Å². The first-order valence-electron chi connectivity index (χ1n) is 7.04. The summed E-state index contributed by atoms with van der Waals surface area (Å²) in [6.45, 7) is 1.02. The molecule has 0 unspecified atom stereocenters. The van der Waals surface area contributed by atoms with E-state index < -0.39 is 5.97 Å². The lowest BCUT2D eigenvalue weighted by Crippen LogP contribution is -2.37. The van der Waals surface area contributed by atoms with Crippen molar-refractivity contribution in [1.29, 1.82) is 0 Å². The molecule has 5 nitrogen and oxygen atoms in total. The van der Waals surface area contributed by atoms with Crippen LogP contribution in [0.15, 0.2) is 42.5 Å². The van der Waals surface area contributed by atoms with Crippen LogP contribution in [-0.4, -0.2) is 28.4 Å². The van der Waals surface area contributed by atoms with Gasteiger partial charge in [-0.1, -0.05) is 18.2 Å². The highest BCUT2D eigenvalue weighted by molar-refractivity contribution is 5.97. The number of nitrogens with two attached hydrogens (primary N) is 1. The molecular formula is C17H16N2O3. The smallest absolute Gasteiger partial charge is 0.335 e. The van der Waals surface area contributed by atoms with E-state index in [2.05, 4.69) is 0 Å². The van der Waals surface area contributed by atoms with Gasteiger partial charge in [0, 0.05) is 24.3 Å². The Morgan fingerprint density at radius 2 is 2.05 bits per heavy atom. The predicted octanol–water partition coefficient (Wildman–Crippen LogP) is 2.17. The van der Waals surface area contributed by atoms with Gasteiger partial charge >= 0.3 is 5.97 Å². The lowest BCUT2D eigenvalue weighted by Gasteiger charge is -2.29. The third-order valence-electron chi connectivity index (χ3n) is 3.85. The predicted molar refractivity (Wildman–Crippen MR) is 82.7 cm³/mol. The summed E-state index contributed by atoms with van der Waals surface area (Å²) in [7, 11) is 0. The molecule has 1 aliphatic rings. The monoisotopic (exact) mass is 296 g/mol. The molecule has 3 rings (SSSR count). The van der Waals surface area contributed by atoms with E-state index in [0.717, 1.165) is 17.5 Å². The lowest BCUT2D eigenvalue weighted by atomic mass is 9.98. The highest BCUT2D eigenvalue weighted by atomic mass is 16.4. The van der Waals surface area contributed by atoms with E-state index in [-0.39, 0.29) is 11.5 Å². The minimum Gasteiger partial charge on any atom is -0.478 e. The molecule has 5 heteroatoms. The van der Waals surface area contributed by atoms with Crippen LogP contribution >= 0.6 is 0 Å². The maximum atomic E-state index is 12.5. The number of rotatable bonds is 3. The van der Waals surface area contributed by atoms with Crippen molar-refractivity contribution >= 4 is 17.6 Å². The quantitative estimate of drug-likeness (QED) is 0.850. The molecule has 2 aromatic rings. The number of carbonyl (C=O) groups is 2. The molecule has 1 amide bonds. The van der Waals surface area contributed by atoms with Gasteiger partial charge in [0.25, 0.3) is 5.91 Å². The fraction of sp³-hybridized carbons (Fsp3) is 0.176. The molecule has 3 N–H and O–H groups in total. The number of hydrogen-bond acceptors (Lipinski definition) is 3. The van der Waals surface area contributed by atoms with Crippen LogP contribution < -0.4 is 5.73 Å². The molecule has 0 fully saturated rings. The van der Waals surface area contributed by atoms with Crippen LogP contribution in [0.25, 0.3) is 0 Å². The van der Waals surface area contributed by atoms with E-state index in [1.165, 1.54) is 0 Å². The molecule has 22 heavy (non-hydrogen) atoms. The van der Waals surface area contributed by atoms with E-state index >= 15 is 0 Å². The highest BCUT2D eigenvalue weighted by Crippen LogP contribution is 2.23. The zero-order valence-electron chi connectivity index (χ0n) is 12.0. The first-order valence-corrected chi connectivity index (χ1v) is 7.04. The van der Waals surface area contributed by atoms with Crippen molar-refractivity contribution in [3.05, 3.63) is 64.7 Å². The van der Waals surface area contributed by atoms with Crippen molar-refractivity contribution in [3.63, 3.8) is 0 Å². The SMILES string of the molecule is Nc1ccc2c(c1)C(=O)N(Cc1cccc(C(=O)O)c1)CC2. The number of carboxylic acids is 1. The van der Waals surface area contributed by atoms with Crippen LogP contribution in [0.1, 0.15) is 31.8 Å². The minimum atomic E-state index is -0.968. The van der Waals surface area contributed by atoms with Crippen LogP contribution in [0.4, 0.5) is 5.69 Å². The average Bonchev–Trinajstić information content (AvgIpc) is 2.51. The third-order valence-corrected chi connectivity index (χ3v) is 3.85. The number of aromatic carboxylic acids is 1. The van der Waals surface area contributed by atoms with Crippen molar-refractivity contribution in [2.75, 3.05) is 12.3 Å². The number of nitrogen functional groups attached to an aromatic ring is 1. The zero-order valence-corrected chi connectivity index (χ0v) is 12.0. The van der Waals surface area contributed by atoms with Gasteiger partial charge in [-0.05, 0) is 41.8 Å². The minimum absolute atomic E-state index is 0.0609.